The zero-order valence-electron chi connectivity index (χ0n) is 14.9. The highest BCUT2D eigenvalue weighted by molar-refractivity contribution is 7.99. The Morgan fingerprint density at radius 1 is 1.36 bits per heavy atom. The predicted octanol–water partition coefficient (Wildman–Crippen LogP) is 1.46. The van der Waals surface area contributed by atoms with E-state index in [0.717, 1.165) is 5.69 Å². The highest BCUT2D eigenvalue weighted by atomic mass is 32.2. The molecule has 146 valence electrons. The maximum Gasteiger partial charge on any atom is 0.270 e. The summed E-state index contributed by atoms with van der Waals surface area (Å²) in [4.78, 5) is 32.7. The Balaban J connectivity index is 1.66. The molecule has 11 heteroatoms. The SMILES string of the molecule is O=C(CSc1ncccn1)N/N=C/c1cc([N+](=O)[O-])ccc1N1CCOCC1. The summed E-state index contributed by atoms with van der Waals surface area (Å²) in [7, 11) is 0. The second kappa shape index (κ2) is 9.76. The van der Waals surface area contributed by atoms with Crippen molar-refractivity contribution in [2.75, 3.05) is 37.0 Å². The van der Waals surface area contributed by atoms with Gasteiger partial charge in [0.15, 0.2) is 5.16 Å². The van der Waals surface area contributed by atoms with Crippen molar-refractivity contribution in [2.24, 2.45) is 5.10 Å². The minimum atomic E-state index is -0.463. The number of anilines is 1. The van der Waals surface area contributed by atoms with Gasteiger partial charge in [0.05, 0.1) is 30.1 Å². The van der Waals surface area contributed by atoms with E-state index in [1.165, 1.54) is 30.1 Å². The molecule has 1 aliphatic rings. The molecule has 0 atom stereocenters. The number of rotatable bonds is 7. The first-order valence-corrected chi connectivity index (χ1v) is 9.45. The van der Waals surface area contributed by atoms with Crippen molar-refractivity contribution in [3.8, 4) is 0 Å². The number of nitro benzene ring substituents is 1. The Morgan fingerprint density at radius 3 is 2.82 bits per heavy atom. The van der Waals surface area contributed by atoms with Crippen LogP contribution in [0.3, 0.4) is 0 Å². The van der Waals surface area contributed by atoms with Crippen LogP contribution in [0, 0.1) is 10.1 Å². The molecule has 1 aliphatic heterocycles. The fraction of sp³-hybridized carbons (Fsp3) is 0.294. The summed E-state index contributed by atoms with van der Waals surface area (Å²) in [6.45, 7) is 2.53. The molecule has 1 aromatic carbocycles. The number of carbonyl (C=O) groups is 1. The van der Waals surface area contributed by atoms with E-state index >= 15 is 0 Å². The molecule has 1 aromatic heterocycles. The van der Waals surface area contributed by atoms with Crippen molar-refractivity contribution >= 4 is 35.3 Å². The lowest BCUT2D eigenvalue weighted by molar-refractivity contribution is -0.384. The second-order valence-electron chi connectivity index (χ2n) is 5.71. The number of non-ortho nitro benzene ring substituents is 1. The first-order valence-electron chi connectivity index (χ1n) is 8.46. The Bertz CT molecular complexity index is 858. The summed E-state index contributed by atoms with van der Waals surface area (Å²) < 4.78 is 5.35. The fourth-order valence-electron chi connectivity index (χ4n) is 2.55. The van der Waals surface area contributed by atoms with Gasteiger partial charge in [0.1, 0.15) is 0 Å². The maximum absolute atomic E-state index is 11.9. The van der Waals surface area contributed by atoms with Crippen LogP contribution in [0.1, 0.15) is 5.56 Å². The number of morpholine rings is 1. The number of ether oxygens (including phenoxy) is 1. The van der Waals surface area contributed by atoms with E-state index in [1.54, 1.807) is 24.5 Å². The molecule has 2 aromatic rings. The Morgan fingerprint density at radius 2 is 2.11 bits per heavy atom. The van der Waals surface area contributed by atoms with Gasteiger partial charge >= 0.3 is 0 Å². The van der Waals surface area contributed by atoms with Gasteiger partial charge in [-0.1, -0.05) is 11.8 Å². The van der Waals surface area contributed by atoms with Crippen LogP contribution < -0.4 is 10.3 Å². The largest absolute Gasteiger partial charge is 0.378 e. The van der Waals surface area contributed by atoms with Gasteiger partial charge in [-0.3, -0.25) is 14.9 Å². The molecule has 0 radical (unpaired) electrons. The number of nitrogens with one attached hydrogen (secondary N) is 1. The third kappa shape index (κ3) is 5.47. The van der Waals surface area contributed by atoms with Crippen molar-refractivity contribution in [3.63, 3.8) is 0 Å². The van der Waals surface area contributed by atoms with E-state index in [-0.39, 0.29) is 17.3 Å². The van der Waals surface area contributed by atoms with Crippen LogP contribution in [-0.4, -0.2) is 59.1 Å². The molecule has 2 heterocycles. The molecular weight excluding hydrogens is 384 g/mol. The topological polar surface area (TPSA) is 123 Å². The van der Waals surface area contributed by atoms with Crippen LogP contribution in [0.5, 0.6) is 0 Å². The van der Waals surface area contributed by atoms with Crippen LogP contribution in [-0.2, 0) is 9.53 Å². The summed E-state index contributed by atoms with van der Waals surface area (Å²) in [5, 5.41) is 15.5. The summed E-state index contributed by atoms with van der Waals surface area (Å²) in [5.41, 5.74) is 3.74. The van der Waals surface area contributed by atoms with Gasteiger partial charge in [0.25, 0.3) is 11.6 Å². The Hall–Kier alpha value is -3.05. The molecule has 0 unspecified atom stereocenters. The zero-order chi connectivity index (χ0) is 19.8. The van der Waals surface area contributed by atoms with Gasteiger partial charge < -0.3 is 9.64 Å². The van der Waals surface area contributed by atoms with E-state index in [1.807, 2.05) is 0 Å². The molecule has 1 N–H and O–H groups in total. The number of aromatic nitrogens is 2. The maximum atomic E-state index is 11.9. The second-order valence-corrected chi connectivity index (χ2v) is 6.66. The fourth-order valence-corrected chi connectivity index (χ4v) is 3.14. The number of benzene rings is 1. The molecule has 28 heavy (non-hydrogen) atoms. The number of nitrogens with zero attached hydrogens (tertiary/aromatic N) is 5. The average Bonchev–Trinajstić information content (AvgIpc) is 2.73. The number of amides is 1. The van der Waals surface area contributed by atoms with Gasteiger partial charge in [-0.25, -0.2) is 15.4 Å². The molecule has 0 saturated carbocycles. The summed E-state index contributed by atoms with van der Waals surface area (Å²) in [6.07, 6.45) is 4.61. The highest BCUT2D eigenvalue weighted by Crippen LogP contribution is 2.25. The van der Waals surface area contributed by atoms with Gasteiger partial charge in [0.2, 0.25) is 0 Å². The number of carbonyl (C=O) groups excluding carboxylic acids is 1. The predicted molar refractivity (Wildman–Crippen MR) is 105 cm³/mol. The molecule has 1 fully saturated rings. The summed E-state index contributed by atoms with van der Waals surface area (Å²) in [5.74, 6) is -0.223. The standard InChI is InChI=1S/C17H18N6O4S/c24-16(12-28-17-18-4-1-5-19-17)21-20-11-13-10-14(23(25)26)2-3-15(13)22-6-8-27-9-7-22/h1-5,10-11H,6-9,12H2,(H,21,24)/b20-11+. The molecule has 0 aliphatic carbocycles. The van der Waals surface area contributed by atoms with Crippen LogP contribution in [0.4, 0.5) is 11.4 Å². The molecular formula is C17H18N6O4S. The molecule has 0 spiro atoms. The summed E-state index contributed by atoms with van der Waals surface area (Å²) >= 11 is 1.19. The van der Waals surface area contributed by atoms with E-state index in [9.17, 15) is 14.9 Å². The van der Waals surface area contributed by atoms with Gasteiger partial charge in [0, 0.05) is 48.9 Å². The minimum absolute atomic E-state index is 0.0402. The highest BCUT2D eigenvalue weighted by Gasteiger charge is 2.17. The van der Waals surface area contributed by atoms with Crippen LogP contribution in [0.2, 0.25) is 0 Å². The number of hydrogen-bond acceptors (Lipinski definition) is 9. The average molecular weight is 402 g/mol. The molecule has 3 rings (SSSR count). The van der Waals surface area contributed by atoms with Gasteiger partial charge in [-0.15, -0.1) is 0 Å². The van der Waals surface area contributed by atoms with E-state index in [2.05, 4.69) is 25.4 Å². The van der Waals surface area contributed by atoms with Gasteiger partial charge in [-0.2, -0.15) is 5.10 Å². The third-order valence-electron chi connectivity index (χ3n) is 3.84. The monoisotopic (exact) mass is 402 g/mol. The quantitative estimate of drug-likeness (QED) is 0.243. The third-order valence-corrected chi connectivity index (χ3v) is 4.72. The van der Waals surface area contributed by atoms with Crippen molar-refractivity contribution in [3.05, 3.63) is 52.3 Å². The number of hydrazone groups is 1. The van der Waals surface area contributed by atoms with Crippen molar-refractivity contribution < 1.29 is 14.5 Å². The van der Waals surface area contributed by atoms with E-state index in [4.69, 9.17) is 4.74 Å². The van der Waals surface area contributed by atoms with E-state index < -0.39 is 4.92 Å². The van der Waals surface area contributed by atoms with Gasteiger partial charge in [-0.05, 0) is 12.1 Å². The van der Waals surface area contributed by atoms with Crippen LogP contribution >= 0.6 is 11.8 Å². The number of nitro groups is 1. The first-order chi connectivity index (χ1) is 13.6. The molecule has 10 nitrogen and oxygen atoms in total. The number of hydrogen-bond donors (Lipinski definition) is 1. The van der Waals surface area contributed by atoms with Crippen molar-refractivity contribution in [2.45, 2.75) is 5.16 Å². The van der Waals surface area contributed by atoms with E-state index in [0.29, 0.717) is 37.0 Å². The summed E-state index contributed by atoms with van der Waals surface area (Å²) in [6, 6.07) is 6.28. The lowest BCUT2D eigenvalue weighted by atomic mass is 10.1. The van der Waals surface area contributed by atoms with Crippen LogP contribution in [0.25, 0.3) is 0 Å². The first kappa shape index (κ1) is 19.7. The Kier molecular flexibility index (Phi) is 6.87. The smallest absolute Gasteiger partial charge is 0.270 e. The van der Waals surface area contributed by atoms with Crippen LogP contribution in [0.15, 0.2) is 46.9 Å². The Labute approximate surface area is 165 Å². The number of thioether (sulfide) groups is 1. The molecule has 1 saturated heterocycles. The lowest BCUT2D eigenvalue weighted by Crippen LogP contribution is -2.36. The molecule has 1 amide bonds. The molecule has 0 bridgehead atoms. The normalized spacial score (nSPS) is 14.2. The van der Waals surface area contributed by atoms with Crippen molar-refractivity contribution in [1.29, 1.82) is 0 Å². The lowest BCUT2D eigenvalue weighted by Gasteiger charge is -2.29. The minimum Gasteiger partial charge on any atom is -0.378 e. The van der Waals surface area contributed by atoms with Crippen molar-refractivity contribution in [1.82, 2.24) is 15.4 Å². The zero-order valence-corrected chi connectivity index (χ0v) is 15.7.